The first-order valence-electron chi connectivity index (χ1n) is 8.16. The van der Waals surface area contributed by atoms with Gasteiger partial charge in [-0.15, -0.1) is 0 Å². The van der Waals surface area contributed by atoms with Crippen LogP contribution in [-0.2, 0) is 12.8 Å². The number of hydrogen-bond donors (Lipinski definition) is 1. The number of furan rings is 1. The van der Waals surface area contributed by atoms with Gasteiger partial charge in [0.25, 0.3) is 6.01 Å². The molecule has 0 amide bonds. The molecule has 2 N–H and O–H groups in total. The van der Waals surface area contributed by atoms with Crippen LogP contribution < -0.4 is 5.73 Å². The molecule has 4 aromatic rings. The molecule has 0 aliphatic rings. The number of nitrogens with zero attached hydrogens (tertiary/aromatic N) is 2. The number of nitrogen functional groups attached to an aromatic ring is 1. The van der Waals surface area contributed by atoms with Crippen molar-refractivity contribution in [3.63, 3.8) is 0 Å². The molecule has 0 bridgehead atoms. The fraction of sp³-hybridized carbons (Fsp3) is 0.100. The van der Waals surface area contributed by atoms with Crippen molar-refractivity contribution in [3.8, 4) is 11.3 Å². The number of hydrogen-bond acceptors (Lipinski definition) is 5. The van der Waals surface area contributed by atoms with Gasteiger partial charge >= 0.3 is 0 Å². The van der Waals surface area contributed by atoms with Gasteiger partial charge in [-0.2, -0.15) is 4.39 Å². The van der Waals surface area contributed by atoms with E-state index in [-0.39, 0.29) is 0 Å². The van der Waals surface area contributed by atoms with E-state index in [2.05, 4.69) is 10.1 Å². The number of rotatable bonds is 5. The molecule has 0 saturated carbocycles. The first kappa shape index (κ1) is 16.1. The predicted molar refractivity (Wildman–Crippen MR) is 94.9 cm³/mol. The zero-order chi connectivity index (χ0) is 17.9. The quantitative estimate of drug-likeness (QED) is 0.583. The monoisotopic (exact) mass is 349 g/mol. The lowest BCUT2D eigenvalue weighted by molar-refractivity contribution is 0.341. The van der Waals surface area contributed by atoms with Crippen LogP contribution >= 0.6 is 0 Å². The van der Waals surface area contributed by atoms with Gasteiger partial charge < -0.3 is 14.7 Å². The van der Waals surface area contributed by atoms with E-state index in [1.54, 1.807) is 18.3 Å². The third-order valence-corrected chi connectivity index (χ3v) is 4.08. The van der Waals surface area contributed by atoms with Crippen molar-refractivity contribution in [1.29, 1.82) is 0 Å². The zero-order valence-corrected chi connectivity index (χ0v) is 13.9. The maximum Gasteiger partial charge on any atom is 0.277 e. The summed E-state index contributed by atoms with van der Waals surface area (Å²) >= 11 is 0. The summed E-state index contributed by atoms with van der Waals surface area (Å²) in [6, 6.07) is 15.9. The first-order chi connectivity index (χ1) is 12.7. The maximum absolute atomic E-state index is 12.9. The molecule has 3 aromatic heterocycles. The van der Waals surface area contributed by atoms with Crippen LogP contribution in [0.3, 0.4) is 0 Å². The second-order valence-corrected chi connectivity index (χ2v) is 5.99. The van der Waals surface area contributed by atoms with Crippen LogP contribution in [0.1, 0.15) is 22.6 Å². The topological polar surface area (TPSA) is 78.1 Å². The Morgan fingerprint density at radius 1 is 0.962 bits per heavy atom. The molecule has 6 heteroatoms. The molecule has 0 radical (unpaired) electrons. The number of benzene rings is 1. The van der Waals surface area contributed by atoms with Crippen molar-refractivity contribution in [3.05, 3.63) is 89.4 Å². The number of anilines is 1. The molecule has 0 aliphatic carbocycles. The van der Waals surface area contributed by atoms with Gasteiger partial charge in [0.05, 0.1) is 11.3 Å². The van der Waals surface area contributed by atoms with E-state index in [4.69, 9.17) is 14.7 Å². The number of nitrogens with two attached hydrogens (primary N) is 1. The highest BCUT2D eigenvalue weighted by molar-refractivity contribution is 5.69. The van der Waals surface area contributed by atoms with Crippen LogP contribution in [0.15, 0.2) is 69.7 Å². The third kappa shape index (κ3) is 3.49. The van der Waals surface area contributed by atoms with Gasteiger partial charge in [-0.05, 0) is 29.3 Å². The summed E-state index contributed by atoms with van der Waals surface area (Å²) in [6.45, 7) is 0. The van der Waals surface area contributed by atoms with Gasteiger partial charge in [0.1, 0.15) is 11.6 Å². The van der Waals surface area contributed by atoms with Crippen molar-refractivity contribution in [2.75, 3.05) is 5.73 Å². The summed E-state index contributed by atoms with van der Waals surface area (Å²) in [6.07, 6.45) is 2.83. The minimum atomic E-state index is -0.562. The van der Waals surface area contributed by atoms with Crippen LogP contribution in [0.5, 0.6) is 0 Å². The van der Waals surface area contributed by atoms with E-state index in [1.807, 2.05) is 36.4 Å². The molecule has 5 nitrogen and oxygen atoms in total. The highest BCUT2D eigenvalue weighted by atomic mass is 19.1. The molecule has 0 fully saturated rings. The van der Waals surface area contributed by atoms with Gasteiger partial charge in [0, 0.05) is 31.2 Å². The van der Waals surface area contributed by atoms with E-state index in [9.17, 15) is 4.39 Å². The Morgan fingerprint density at radius 3 is 2.42 bits per heavy atom. The fourth-order valence-corrected chi connectivity index (χ4v) is 2.78. The van der Waals surface area contributed by atoms with Gasteiger partial charge in [0.2, 0.25) is 0 Å². The highest BCUT2D eigenvalue weighted by Crippen LogP contribution is 2.25. The van der Waals surface area contributed by atoms with Crippen molar-refractivity contribution in [1.82, 2.24) is 10.1 Å². The minimum Gasteiger partial charge on any atom is -0.436 e. The summed E-state index contributed by atoms with van der Waals surface area (Å²) in [5.41, 5.74) is 9.55. The first-order valence-corrected chi connectivity index (χ1v) is 8.16. The lowest BCUT2D eigenvalue weighted by Crippen LogP contribution is -1.92. The Kier molecular flexibility index (Phi) is 4.23. The molecule has 0 atom stereocenters. The molecular formula is C20H16FN3O2. The smallest absolute Gasteiger partial charge is 0.277 e. The molecule has 1 aromatic carbocycles. The molecular weight excluding hydrogens is 333 g/mol. The second-order valence-electron chi connectivity index (χ2n) is 5.99. The van der Waals surface area contributed by atoms with Crippen LogP contribution in [0, 0.1) is 6.01 Å². The van der Waals surface area contributed by atoms with Crippen LogP contribution in [0.25, 0.3) is 11.3 Å². The van der Waals surface area contributed by atoms with Gasteiger partial charge in [-0.3, -0.25) is 0 Å². The standard InChI is InChI=1S/C20H16FN3O2/c21-19-8-7-16(25-19)11-14-5-3-13(4-6-14)10-15-12-18(26-24-15)17-2-1-9-23-20(17)22/h1-9,12H,10-11H2,(H2,22,23). The highest BCUT2D eigenvalue weighted by Gasteiger charge is 2.11. The average molecular weight is 349 g/mol. The van der Waals surface area contributed by atoms with Crippen LogP contribution in [-0.4, -0.2) is 10.1 Å². The maximum atomic E-state index is 12.9. The molecule has 0 saturated heterocycles. The minimum absolute atomic E-state index is 0.411. The average Bonchev–Trinajstić information content (AvgIpc) is 3.26. The molecule has 0 spiro atoms. The van der Waals surface area contributed by atoms with Crippen molar-refractivity contribution >= 4 is 5.82 Å². The lowest BCUT2D eigenvalue weighted by atomic mass is 10.0. The SMILES string of the molecule is Nc1ncccc1-c1cc(Cc2ccc(Cc3ccc(F)o3)cc2)no1. The number of aromatic nitrogens is 2. The van der Waals surface area contributed by atoms with Gasteiger partial charge in [0.15, 0.2) is 5.76 Å². The third-order valence-electron chi connectivity index (χ3n) is 4.08. The molecule has 3 heterocycles. The largest absolute Gasteiger partial charge is 0.436 e. The predicted octanol–water partition coefficient (Wildman–Crippen LogP) is 4.23. The number of pyridine rings is 1. The molecule has 0 unspecified atom stereocenters. The van der Waals surface area contributed by atoms with E-state index < -0.39 is 6.01 Å². The van der Waals surface area contributed by atoms with Crippen molar-refractivity contribution < 1.29 is 13.3 Å². The summed E-state index contributed by atoms with van der Waals surface area (Å²) in [5.74, 6) is 1.61. The summed E-state index contributed by atoms with van der Waals surface area (Å²) in [7, 11) is 0. The van der Waals surface area contributed by atoms with Crippen LogP contribution in [0.2, 0.25) is 0 Å². The molecule has 26 heavy (non-hydrogen) atoms. The Labute approximate surface area is 149 Å². The Balaban J connectivity index is 1.45. The van der Waals surface area contributed by atoms with Crippen molar-refractivity contribution in [2.24, 2.45) is 0 Å². The fourth-order valence-electron chi connectivity index (χ4n) is 2.78. The molecule has 0 aliphatic heterocycles. The van der Waals surface area contributed by atoms with E-state index in [0.29, 0.717) is 30.2 Å². The Hall–Kier alpha value is -3.41. The summed E-state index contributed by atoms with van der Waals surface area (Å²) in [4.78, 5) is 4.05. The number of halogens is 1. The van der Waals surface area contributed by atoms with E-state index in [1.165, 1.54) is 6.07 Å². The molecule has 4 rings (SSSR count). The molecule has 130 valence electrons. The van der Waals surface area contributed by atoms with Crippen molar-refractivity contribution in [2.45, 2.75) is 12.8 Å². The summed E-state index contributed by atoms with van der Waals surface area (Å²) < 4.78 is 23.2. The van der Waals surface area contributed by atoms with E-state index in [0.717, 1.165) is 22.4 Å². The van der Waals surface area contributed by atoms with Gasteiger partial charge in [-0.25, -0.2) is 4.98 Å². The van der Waals surface area contributed by atoms with Crippen LogP contribution in [0.4, 0.5) is 10.2 Å². The van der Waals surface area contributed by atoms with E-state index >= 15 is 0 Å². The lowest BCUT2D eigenvalue weighted by Gasteiger charge is -2.01. The summed E-state index contributed by atoms with van der Waals surface area (Å²) in [5, 5.41) is 4.11. The normalized spacial score (nSPS) is 11.0. The van der Waals surface area contributed by atoms with Gasteiger partial charge in [-0.1, -0.05) is 29.4 Å². The Bertz CT molecular complexity index is 1020. The Morgan fingerprint density at radius 2 is 1.73 bits per heavy atom. The second kappa shape index (κ2) is 6.84. The zero-order valence-electron chi connectivity index (χ0n) is 13.9.